The molecule has 0 bridgehead atoms. The van der Waals surface area contributed by atoms with Crippen molar-refractivity contribution < 1.29 is 0 Å². The molecule has 1 N–H and O–H groups in total. The Hall–Kier alpha value is -0.530. The monoisotopic (exact) mass is 166 g/mol. The van der Waals surface area contributed by atoms with Crippen molar-refractivity contribution in [2.75, 3.05) is 6.54 Å². The summed E-state index contributed by atoms with van der Waals surface area (Å²) in [6.45, 7) is 3.32. The van der Waals surface area contributed by atoms with Crippen LogP contribution >= 0.6 is 0 Å². The predicted molar refractivity (Wildman–Crippen MR) is 51.5 cm³/mol. The molecule has 2 rings (SSSR count). The molecule has 0 aromatic rings. The average molecular weight is 166 g/mol. The Morgan fingerprint density at radius 3 is 2.67 bits per heavy atom. The van der Waals surface area contributed by atoms with Crippen LogP contribution in [0.1, 0.15) is 45.4 Å². The third kappa shape index (κ3) is 1.35. The summed E-state index contributed by atoms with van der Waals surface area (Å²) >= 11 is 0. The molecule has 0 aromatic heterocycles. The SMILES string of the molecule is CCC1(NC2=NCCC2)CCC1. The van der Waals surface area contributed by atoms with Crippen molar-refractivity contribution in [3.8, 4) is 0 Å². The Morgan fingerprint density at radius 1 is 1.42 bits per heavy atom. The van der Waals surface area contributed by atoms with E-state index in [2.05, 4.69) is 17.2 Å². The topological polar surface area (TPSA) is 24.4 Å². The molecule has 0 unspecified atom stereocenters. The van der Waals surface area contributed by atoms with Gasteiger partial charge in [0.05, 0.1) is 5.84 Å². The van der Waals surface area contributed by atoms with Crippen molar-refractivity contribution in [1.29, 1.82) is 0 Å². The van der Waals surface area contributed by atoms with E-state index in [-0.39, 0.29) is 0 Å². The summed E-state index contributed by atoms with van der Waals surface area (Å²) in [4.78, 5) is 4.46. The van der Waals surface area contributed by atoms with E-state index in [1.54, 1.807) is 0 Å². The van der Waals surface area contributed by atoms with Crippen LogP contribution in [0.5, 0.6) is 0 Å². The van der Waals surface area contributed by atoms with E-state index in [0.717, 1.165) is 6.54 Å². The number of nitrogens with zero attached hydrogens (tertiary/aromatic N) is 1. The van der Waals surface area contributed by atoms with Crippen LogP contribution in [0.4, 0.5) is 0 Å². The Morgan fingerprint density at radius 2 is 2.25 bits per heavy atom. The van der Waals surface area contributed by atoms with Crippen molar-refractivity contribution in [3.63, 3.8) is 0 Å². The highest BCUT2D eigenvalue weighted by Crippen LogP contribution is 2.34. The van der Waals surface area contributed by atoms with Gasteiger partial charge in [0, 0.05) is 18.5 Å². The lowest BCUT2D eigenvalue weighted by Crippen LogP contribution is -2.52. The van der Waals surface area contributed by atoms with E-state index >= 15 is 0 Å². The van der Waals surface area contributed by atoms with Gasteiger partial charge in [-0.15, -0.1) is 0 Å². The van der Waals surface area contributed by atoms with Gasteiger partial charge in [0.15, 0.2) is 0 Å². The molecule has 0 spiro atoms. The van der Waals surface area contributed by atoms with E-state index in [4.69, 9.17) is 0 Å². The van der Waals surface area contributed by atoms with Gasteiger partial charge in [-0.2, -0.15) is 0 Å². The van der Waals surface area contributed by atoms with Crippen molar-refractivity contribution >= 4 is 5.84 Å². The standard InChI is InChI=1S/C10H18N2/c1-2-10(6-4-7-10)12-9-5-3-8-11-9/h2-8H2,1H3,(H,11,12). The number of aliphatic imine (C=N–C) groups is 1. The molecule has 0 atom stereocenters. The molecule has 2 aliphatic rings. The molecule has 0 amide bonds. The summed E-state index contributed by atoms with van der Waals surface area (Å²) in [5.74, 6) is 1.27. The van der Waals surface area contributed by atoms with Crippen molar-refractivity contribution in [2.45, 2.75) is 51.0 Å². The zero-order valence-corrected chi connectivity index (χ0v) is 7.90. The van der Waals surface area contributed by atoms with Gasteiger partial charge >= 0.3 is 0 Å². The summed E-state index contributed by atoms with van der Waals surface area (Å²) < 4.78 is 0. The maximum absolute atomic E-state index is 4.46. The molecule has 68 valence electrons. The van der Waals surface area contributed by atoms with Gasteiger partial charge in [0.1, 0.15) is 0 Å². The Kier molecular flexibility index (Phi) is 2.07. The molecule has 1 heterocycles. The van der Waals surface area contributed by atoms with Crippen LogP contribution in [-0.4, -0.2) is 17.9 Å². The first-order valence-corrected chi connectivity index (χ1v) is 5.16. The number of nitrogens with one attached hydrogen (secondary N) is 1. The highest BCUT2D eigenvalue weighted by Gasteiger charge is 2.35. The molecule has 1 saturated carbocycles. The smallest absolute Gasteiger partial charge is 0.0967 e. The van der Waals surface area contributed by atoms with Crippen LogP contribution in [0, 0.1) is 0 Å². The van der Waals surface area contributed by atoms with Crippen LogP contribution in [0.3, 0.4) is 0 Å². The molecule has 12 heavy (non-hydrogen) atoms. The maximum Gasteiger partial charge on any atom is 0.0967 e. The first-order chi connectivity index (χ1) is 5.85. The molecule has 2 heteroatoms. The van der Waals surface area contributed by atoms with Gasteiger partial charge in [-0.25, -0.2) is 0 Å². The van der Waals surface area contributed by atoms with Gasteiger partial charge in [-0.3, -0.25) is 4.99 Å². The molecule has 2 nitrogen and oxygen atoms in total. The zero-order chi connectivity index (χ0) is 8.44. The third-order valence-corrected chi connectivity index (χ3v) is 3.27. The molecule has 0 saturated heterocycles. The zero-order valence-electron chi connectivity index (χ0n) is 7.90. The quantitative estimate of drug-likeness (QED) is 0.667. The largest absolute Gasteiger partial charge is 0.368 e. The maximum atomic E-state index is 4.46. The second-order valence-corrected chi connectivity index (χ2v) is 4.04. The minimum Gasteiger partial charge on any atom is -0.368 e. The second kappa shape index (κ2) is 3.08. The fourth-order valence-corrected chi connectivity index (χ4v) is 2.12. The average Bonchev–Trinajstić information content (AvgIpc) is 2.49. The van der Waals surface area contributed by atoms with Crippen LogP contribution in [0.2, 0.25) is 0 Å². The van der Waals surface area contributed by atoms with Gasteiger partial charge < -0.3 is 5.32 Å². The molecule has 0 radical (unpaired) electrons. The van der Waals surface area contributed by atoms with Gasteiger partial charge in [-0.1, -0.05) is 6.92 Å². The number of hydrogen-bond acceptors (Lipinski definition) is 2. The Labute approximate surface area is 74.5 Å². The lowest BCUT2D eigenvalue weighted by Gasteiger charge is -2.42. The number of hydrogen-bond donors (Lipinski definition) is 1. The highest BCUT2D eigenvalue weighted by molar-refractivity contribution is 5.84. The predicted octanol–water partition coefficient (Wildman–Crippen LogP) is 2.10. The van der Waals surface area contributed by atoms with Crippen molar-refractivity contribution in [3.05, 3.63) is 0 Å². The first-order valence-electron chi connectivity index (χ1n) is 5.16. The van der Waals surface area contributed by atoms with E-state index in [1.165, 1.54) is 44.4 Å². The highest BCUT2D eigenvalue weighted by atomic mass is 15.1. The summed E-state index contributed by atoms with van der Waals surface area (Å²) in [6, 6.07) is 0. The van der Waals surface area contributed by atoms with Crippen LogP contribution < -0.4 is 5.32 Å². The van der Waals surface area contributed by atoms with Crippen molar-refractivity contribution in [2.24, 2.45) is 4.99 Å². The number of rotatable bonds is 2. The molecule has 1 aliphatic heterocycles. The third-order valence-electron chi connectivity index (χ3n) is 3.27. The lowest BCUT2D eigenvalue weighted by atomic mass is 9.75. The van der Waals surface area contributed by atoms with E-state index in [0.29, 0.717) is 5.54 Å². The Bertz CT molecular complexity index is 187. The minimum atomic E-state index is 0.448. The summed E-state index contributed by atoms with van der Waals surface area (Å²) in [6.07, 6.45) is 7.79. The summed E-state index contributed by atoms with van der Waals surface area (Å²) in [5, 5.41) is 3.63. The van der Waals surface area contributed by atoms with Gasteiger partial charge in [0.2, 0.25) is 0 Å². The molecular weight excluding hydrogens is 148 g/mol. The summed E-state index contributed by atoms with van der Waals surface area (Å²) in [7, 11) is 0. The fourth-order valence-electron chi connectivity index (χ4n) is 2.12. The van der Waals surface area contributed by atoms with E-state index in [9.17, 15) is 0 Å². The Balaban J connectivity index is 1.91. The molecule has 1 aliphatic carbocycles. The first kappa shape index (κ1) is 8.09. The second-order valence-electron chi connectivity index (χ2n) is 4.04. The minimum absolute atomic E-state index is 0.448. The molecule has 1 fully saturated rings. The van der Waals surface area contributed by atoms with Crippen LogP contribution in [0.15, 0.2) is 4.99 Å². The van der Waals surface area contributed by atoms with Gasteiger partial charge in [0.25, 0.3) is 0 Å². The van der Waals surface area contributed by atoms with Crippen molar-refractivity contribution in [1.82, 2.24) is 5.32 Å². The molecule has 0 aromatic carbocycles. The lowest BCUT2D eigenvalue weighted by molar-refractivity contribution is 0.209. The summed E-state index contributed by atoms with van der Waals surface area (Å²) in [5.41, 5.74) is 0.448. The van der Waals surface area contributed by atoms with E-state index in [1.807, 2.05) is 0 Å². The molecular formula is C10H18N2. The fraction of sp³-hybridized carbons (Fsp3) is 0.900. The normalized spacial score (nSPS) is 26.2. The van der Waals surface area contributed by atoms with Gasteiger partial charge in [-0.05, 0) is 32.1 Å². The van der Waals surface area contributed by atoms with Crippen LogP contribution in [-0.2, 0) is 0 Å². The number of amidine groups is 1. The van der Waals surface area contributed by atoms with E-state index < -0.39 is 0 Å². The van der Waals surface area contributed by atoms with Crippen LogP contribution in [0.25, 0.3) is 0 Å².